The van der Waals surface area contributed by atoms with Gasteiger partial charge in [0, 0.05) is 32.5 Å². The van der Waals surface area contributed by atoms with Crippen LogP contribution in [0, 0.1) is 0 Å². The maximum Gasteiger partial charge on any atom is 0.191 e. The number of halogens is 1. The lowest BCUT2D eigenvalue weighted by Gasteiger charge is -2.14. The van der Waals surface area contributed by atoms with E-state index in [4.69, 9.17) is 0 Å². The highest BCUT2D eigenvalue weighted by Crippen LogP contribution is 2.14. The van der Waals surface area contributed by atoms with E-state index in [0.29, 0.717) is 13.1 Å². The Morgan fingerprint density at radius 2 is 1.96 bits per heavy atom. The predicted octanol–water partition coefficient (Wildman–Crippen LogP) is 2.67. The number of benzene rings is 1. The number of hydrogen-bond acceptors (Lipinski definition) is 4. The zero-order valence-corrected chi connectivity index (χ0v) is 18.2. The summed E-state index contributed by atoms with van der Waals surface area (Å²) in [6, 6.07) is 14.3. The van der Waals surface area contributed by atoms with Gasteiger partial charge in [-0.25, -0.2) is 4.99 Å². The smallest absolute Gasteiger partial charge is 0.191 e. The van der Waals surface area contributed by atoms with Crippen molar-refractivity contribution in [1.82, 2.24) is 25.2 Å². The summed E-state index contributed by atoms with van der Waals surface area (Å²) in [5, 5.41) is 15.0. The molecule has 0 spiro atoms. The first-order valence-electron chi connectivity index (χ1n) is 8.74. The summed E-state index contributed by atoms with van der Waals surface area (Å²) in [4.78, 5) is 6.77. The van der Waals surface area contributed by atoms with Crippen LogP contribution in [0.1, 0.15) is 18.3 Å². The molecule has 0 bridgehead atoms. The van der Waals surface area contributed by atoms with Gasteiger partial charge >= 0.3 is 0 Å². The Labute approximate surface area is 176 Å². The molecule has 27 heavy (non-hydrogen) atoms. The van der Waals surface area contributed by atoms with Gasteiger partial charge in [0.15, 0.2) is 17.4 Å². The molecule has 2 N–H and O–H groups in total. The Balaban J connectivity index is 0.00000261. The number of rotatable bonds is 6. The van der Waals surface area contributed by atoms with Gasteiger partial charge in [-0.05, 0) is 36.8 Å². The van der Waals surface area contributed by atoms with Crippen LogP contribution in [-0.2, 0) is 13.1 Å². The van der Waals surface area contributed by atoms with Crippen molar-refractivity contribution in [1.29, 1.82) is 0 Å². The number of nitrogens with one attached hydrogen (secondary N) is 2. The van der Waals surface area contributed by atoms with Gasteiger partial charge in [0.2, 0.25) is 0 Å². The standard InChI is InChI=1S/C19H25N7.HI/c1-4-20-19(21-13-15-8-7-9-16(12-15)25(2)3)22-14-18-24-23-17-10-5-6-11-26(17)18;/h5-12H,4,13-14H2,1-3H3,(H2,20,21,22);1H. The summed E-state index contributed by atoms with van der Waals surface area (Å²) in [7, 11) is 4.08. The van der Waals surface area contributed by atoms with E-state index in [2.05, 4.69) is 61.9 Å². The molecule has 0 aliphatic rings. The maximum atomic E-state index is 4.68. The molecule has 8 heteroatoms. The molecule has 3 rings (SSSR count). The third-order valence-corrected chi connectivity index (χ3v) is 3.99. The highest BCUT2D eigenvalue weighted by molar-refractivity contribution is 14.0. The molecule has 2 heterocycles. The predicted molar refractivity (Wildman–Crippen MR) is 121 cm³/mol. The molecule has 0 unspecified atom stereocenters. The van der Waals surface area contributed by atoms with Crippen LogP contribution < -0.4 is 15.5 Å². The average Bonchev–Trinajstić information content (AvgIpc) is 3.07. The van der Waals surface area contributed by atoms with Crippen molar-refractivity contribution < 1.29 is 0 Å². The highest BCUT2D eigenvalue weighted by atomic mass is 127. The molecule has 0 saturated carbocycles. The lowest BCUT2D eigenvalue weighted by Crippen LogP contribution is -2.37. The summed E-state index contributed by atoms with van der Waals surface area (Å²) < 4.78 is 1.97. The molecule has 3 aromatic rings. The highest BCUT2D eigenvalue weighted by Gasteiger charge is 2.06. The fourth-order valence-electron chi connectivity index (χ4n) is 2.62. The van der Waals surface area contributed by atoms with Gasteiger partial charge in [-0.1, -0.05) is 18.2 Å². The van der Waals surface area contributed by atoms with Crippen LogP contribution in [-0.4, -0.2) is 41.2 Å². The van der Waals surface area contributed by atoms with Crippen LogP contribution in [0.4, 0.5) is 5.69 Å². The quantitative estimate of drug-likeness (QED) is 0.323. The van der Waals surface area contributed by atoms with Gasteiger partial charge in [-0.2, -0.15) is 0 Å². The van der Waals surface area contributed by atoms with Crippen molar-refractivity contribution >= 4 is 41.3 Å². The topological polar surface area (TPSA) is 69.8 Å². The first-order valence-corrected chi connectivity index (χ1v) is 8.74. The Morgan fingerprint density at radius 1 is 1.11 bits per heavy atom. The van der Waals surface area contributed by atoms with Crippen LogP contribution in [0.3, 0.4) is 0 Å². The van der Waals surface area contributed by atoms with Crippen molar-refractivity contribution in [2.24, 2.45) is 4.99 Å². The fourth-order valence-corrected chi connectivity index (χ4v) is 2.62. The summed E-state index contributed by atoms with van der Waals surface area (Å²) >= 11 is 0. The molecule has 0 aliphatic carbocycles. The maximum absolute atomic E-state index is 4.68. The number of nitrogens with zero attached hydrogens (tertiary/aromatic N) is 5. The largest absolute Gasteiger partial charge is 0.378 e. The monoisotopic (exact) mass is 479 g/mol. The number of aliphatic imine (C=N–C) groups is 1. The van der Waals surface area contributed by atoms with Crippen molar-refractivity contribution in [3.8, 4) is 0 Å². The van der Waals surface area contributed by atoms with Crippen LogP contribution in [0.2, 0.25) is 0 Å². The van der Waals surface area contributed by atoms with Crippen molar-refractivity contribution in [3.63, 3.8) is 0 Å². The van der Waals surface area contributed by atoms with Crippen molar-refractivity contribution in [2.45, 2.75) is 20.0 Å². The summed E-state index contributed by atoms with van der Waals surface area (Å²) in [5.74, 6) is 1.61. The second kappa shape index (κ2) is 10.1. The van der Waals surface area contributed by atoms with Crippen LogP contribution >= 0.6 is 24.0 Å². The lowest BCUT2D eigenvalue weighted by atomic mass is 10.2. The van der Waals surface area contributed by atoms with E-state index in [1.807, 2.05) is 42.9 Å². The third-order valence-electron chi connectivity index (χ3n) is 3.99. The first kappa shape index (κ1) is 20.9. The van der Waals surface area contributed by atoms with Crippen molar-refractivity contribution in [3.05, 3.63) is 60.0 Å². The minimum Gasteiger partial charge on any atom is -0.378 e. The molecule has 0 atom stereocenters. The summed E-state index contributed by atoms with van der Waals surface area (Å²) in [6.07, 6.45) is 1.96. The zero-order valence-electron chi connectivity index (χ0n) is 15.9. The van der Waals surface area contributed by atoms with E-state index < -0.39 is 0 Å². The van der Waals surface area contributed by atoms with E-state index in [1.54, 1.807) is 0 Å². The van der Waals surface area contributed by atoms with Gasteiger partial charge in [-0.3, -0.25) is 4.40 Å². The molecular formula is C19H26IN7. The Bertz CT molecular complexity index is 888. The average molecular weight is 479 g/mol. The number of hydrogen-bond donors (Lipinski definition) is 2. The van der Waals surface area contributed by atoms with Gasteiger partial charge in [0.1, 0.15) is 0 Å². The molecular weight excluding hydrogens is 453 g/mol. The molecule has 1 aromatic carbocycles. The Hall–Kier alpha value is -2.36. The molecule has 7 nitrogen and oxygen atoms in total. The van der Waals surface area contributed by atoms with Gasteiger partial charge < -0.3 is 15.5 Å². The molecule has 0 saturated heterocycles. The molecule has 0 amide bonds. The van der Waals surface area contributed by atoms with Crippen LogP contribution in [0.25, 0.3) is 5.65 Å². The van der Waals surface area contributed by atoms with Gasteiger partial charge in [0.05, 0.1) is 13.1 Å². The second-order valence-corrected chi connectivity index (χ2v) is 6.16. The number of anilines is 1. The third kappa shape index (κ3) is 5.56. The second-order valence-electron chi connectivity index (χ2n) is 6.16. The number of aromatic nitrogens is 3. The Kier molecular flexibility index (Phi) is 7.83. The van der Waals surface area contributed by atoms with E-state index in [1.165, 1.54) is 11.3 Å². The fraction of sp³-hybridized carbons (Fsp3) is 0.316. The summed E-state index contributed by atoms with van der Waals surface area (Å²) in [5.41, 5.74) is 3.18. The number of fused-ring (bicyclic) bond motifs is 1. The van der Waals surface area contributed by atoms with Crippen molar-refractivity contribution in [2.75, 3.05) is 25.5 Å². The molecule has 0 fully saturated rings. The minimum absolute atomic E-state index is 0. The van der Waals surface area contributed by atoms with Gasteiger partial charge in [-0.15, -0.1) is 34.2 Å². The molecule has 0 radical (unpaired) electrons. The van der Waals surface area contributed by atoms with Crippen LogP contribution in [0.15, 0.2) is 53.7 Å². The van der Waals surface area contributed by atoms with E-state index in [0.717, 1.165) is 24.0 Å². The normalized spacial score (nSPS) is 11.1. The molecule has 144 valence electrons. The van der Waals surface area contributed by atoms with E-state index >= 15 is 0 Å². The first-order chi connectivity index (χ1) is 12.7. The van der Waals surface area contributed by atoms with E-state index in [9.17, 15) is 0 Å². The molecule has 0 aliphatic heterocycles. The lowest BCUT2D eigenvalue weighted by molar-refractivity contribution is 0.765. The number of guanidine groups is 1. The van der Waals surface area contributed by atoms with Gasteiger partial charge in [0.25, 0.3) is 0 Å². The van der Waals surface area contributed by atoms with Crippen LogP contribution in [0.5, 0.6) is 0 Å². The Morgan fingerprint density at radius 3 is 2.74 bits per heavy atom. The SMILES string of the molecule is CCNC(=NCc1cccc(N(C)C)c1)NCc1nnc2ccccn12.I. The number of pyridine rings is 1. The summed E-state index contributed by atoms with van der Waals surface area (Å²) in [6.45, 7) is 4.01. The minimum atomic E-state index is 0. The molecule has 2 aromatic heterocycles. The zero-order chi connectivity index (χ0) is 18.4. The van der Waals surface area contributed by atoms with E-state index in [-0.39, 0.29) is 24.0 Å².